The molecule has 0 aliphatic rings. The molecule has 0 spiro atoms. The molecule has 0 saturated heterocycles. The van der Waals surface area contributed by atoms with Crippen molar-refractivity contribution in [2.24, 2.45) is 5.92 Å². The van der Waals surface area contributed by atoms with Gasteiger partial charge in [0.05, 0.1) is 11.6 Å². The number of aromatic nitrogens is 1. The summed E-state index contributed by atoms with van der Waals surface area (Å²) in [6, 6.07) is 8.82. The van der Waals surface area contributed by atoms with Crippen molar-refractivity contribution < 1.29 is 9.90 Å². The number of carbonyl (C=O) groups excluding carboxylic acids is 1. The molecular weight excluding hydrogens is 288 g/mol. The number of aliphatic hydroxyl groups excluding tert-OH is 1. The van der Waals surface area contributed by atoms with Crippen LogP contribution in [0.2, 0.25) is 5.15 Å². The molecule has 1 aromatic heterocycles. The minimum atomic E-state index is -0.395. The first-order chi connectivity index (χ1) is 9.97. The van der Waals surface area contributed by atoms with E-state index in [1.54, 1.807) is 24.3 Å². The van der Waals surface area contributed by atoms with Gasteiger partial charge in [0.15, 0.2) is 0 Å². The number of rotatable bonds is 5. The van der Waals surface area contributed by atoms with Crippen molar-refractivity contribution in [2.45, 2.75) is 26.4 Å². The second-order valence-corrected chi connectivity index (χ2v) is 5.78. The molecule has 0 aliphatic carbocycles. The lowest BCUT2D eigenvalue weighted by Crippen LogP contribution is -2.28. The van der Waals surface area contributed by atoms with Gasteiger partial charge in [0.25, 0.3) is 5.91 Å². The number of nitrogens with zero attached hydrogens (tertiary/aromatic N) is 1. The monoisotopic (exact) mass is 306 g/mol. The molecule has 2 aromatic rings. The van der Waals surface area contributed by atoms with Crippen LogP contribution in [0.5, 0.6) is 0 Å². The zero-order valence-electron chi connectivity index (χ0n) is 12.1. The Balaban J connectivity index is 2.01. The van der Waals surface area contributed by atoms with E-state index in [1.807, 2.05) is 19.9 Å². The van der Waals surface area contributed by atoms with Crippen molar-refractivity contribution in [3.63, 3.8) is 0 Å². The Bertz CT molecular complexity index is 643. The Hall–Kier alpha value is -1.65. The van der Waals surface area contributed by atoms with Crippen molar-refractivity contribution in [1.29, 1.82) is 0 Å². The molecule has 112 valence electrons. The van der Waals surface area contributed by atoms with Crippen molar-refractivity contribution >= 4 is 28.4 Å². The van der Waals surface area contributed by atoms with E-state index >= 15 is 0 Å². The molecule has 5 heteroatoms. The number of aliphatic hydroxyl groups is 1. The van der Waals surface area contributed by atoms with Gasteiger partial charge in [0.2, 0.25) is 0 Å². The number of halogens is 1. The van der Waals surface area contributed by atoms with Crippen molar-refractivity contribution in [1.82, 2.24) is 10.3 Å². The van der Waals surface area contributed by atoms with Gasteiger partial charge < -0.3 is 10.4 Å². The van der Waals surface area contributed by atoms with Crippen LogP contribution in [0, 0.1) is 5.92 Å². The number of amides is 1. The zero-order valence-corrected chi connectivity index (χ0v) is 12.9. The van der Waals surface area contributed by atoms with Crippen LogP contribution in [0.25, 0.3) is 10.9 Å². The Morgan fingerprint density at radius 1 is 1.33 bits per heavy atom. The highest BCUT2D eigenvalue weighted by atomic mass is 35.5. The zero-order chi connectivity index (χ0) is 15.4. The lowest BCUT2D eigenvalue weighted by Gasteiger charge is -2.14. The summed E-state index contributed by atoms with van der Waals surface area (Å²) in [7, 11) is 0. The second kappa shape index (κ2) is 6.87. The first-order valence-electron chi connectivity index (χ1n) is 7.00. The number of carbonyl (C=O) groups is 1. The molecule has 1 atom stereocenters. The molecule has 21 heavy (non-hydrogen) atoms. The predicted octanol–water partition coefficient (Wildman–Crippen LogP) is 3.03. The minimum absolute atomic E-state index is 0.150. The molecule has 1 unspecified atom stereocenters. The molecular formula is C16H19ClN2O2. The summed E-state index contributed by atoms with van der Waals surface area (Å²) in [6.45, 7) is 4.36. The van der Waals surface area contributed by atoms with Gasteiger partial charge >= 0.3 is 0 Å². The Kier molecular flexibility index (Phi) is 5.15. The first kappa shape index (κ1) is 15.7. The van der Waals surface area contributed by atoms with Gasteiger partial charge in [-0.2, -0.15) is 0 Å². The number of hydrogen-bond acceptors (Lipinski definition) is 3. The summed E-state index contributed by atoms with van der Waals surface area (Å²) in [6.07, 6.45) is 0.155. The average Bonchev–Trinajstić information content (AvgIpc) is 2.46. The van der Waals surface area contributed by atoms with E-state index in [-0.39, 0.29) is 11.8 Å². The molecule has 0 radical (unpaired) electrons. The standard InChI is InChI=1S/C16H19ClN2O2/c1-10(2)14(20)7-8-18-16(21)12-3-5-13-11(9-12)4-6-15(17)19-13/h3-6,9-10,14,20H,7-8H2,1-2H3,(H,18,21). The average molecular weight is 307 g/mol. The Labute approximate surface area is 129 Å². The summed E-state index contributed by atoms with van der Waals surface area (Å²) in [5.41, 5.74) is 1.33. The molecule has 2 rings (SSSR count). The topological polar surface area (TPSA) is 62.2 Å². The molecule has 0 bridgehead atoms. The second-order valence-electron chi connectivity index (χ2n) is 5.40. The van der Waals surface area contributed by atoms with Crippen molar-refractivity contribution in [3.8, 4) is 0 Å². The van der Waals surface area contributed by atoms with Crippen molar-refractivity contribution in [2.75, 3.05) is 6.54 Å². The third-order valence-electron chi connectivity index (χ3n) is 3.41. The highest BCUT2D eigenvalue weighted by molar-refractivity contribution is 6.29. The molecule has 1 amide bonds. The van der Waals surface area contributed by atoms with E-state index in [1.165, 1.54) is 0 Å². The summed E-state index contributed by atoms with van der Waals surface area (Å²) >= 11 is 5.83. The Morgan fingerprint density at radius 2 is 2.10 bits per heavy atom. The van der Waals surface area contributed by atoms with Crippen LogP contribution >= 0.6 is 11.6 Å². The molecule has 1 aromatic carbocycles. The van der Waals surface area contributed by atoms with Crippen LogP contribution in [0.3, 0.4) is 0 Å². The number of nitrogens with one attached hydrogen (secondary N) is 1. The fourth-order valence-corrected chi connectivity index (χ4v) is 2.16. The third kappa shape index (κ3) is 4.16. The van der Waals surface area contributed by atoms with Gasteiger partial charge in [-0.1, -0.05) is 25.4 Å². The largest absolute Gasteiger partial charge is 0.393 e. The lowest BCUT2D eigenvalue weighted by molar-refractivity contribution is 0.0920. The van der Waals surface area contributed by atoms with Crippen LogP contribution in [0.15, 0.2) is 30.3 Å². The van der Waals surface area contributed by atoms with Gasteiger partial charge in [-0.05, 0) is 42.7 Å². The molecule has 2 N–H and O–H groups in total. The molecule has 4 nitrogen and oxygen atoms in total. The van der Waals surface area contributed by atoms with E-state index < -0.39 is 6.10 Å². The SMILES string of the molecule is CC(C)C(O)CCNC(=O)c1ccc2nc(Cl)ccc2c1. The fourth-order valence-electron chi connectivity index (χ4n) is 2.01. The first-order valence-corrected chi connectivity index (χ1v) is 7.38. The summed E-state index contributed by atoms with van der Waals surface area (Å²) in [4.78, 5) is 16.2. The highest BCUT2D eigenvalue weighted by Crippen LogP contribution is 2.17. The van der Waals surface area contributed by atoms with Crippen LogP contribution in [-0.2, 0) is 0 Å². The summed E-state index contributed by atoms with van der Waals surface area (Å²) in [5, 5.41) is 13.8. The quantitative estimate of drug-likeness (QED) is 0.835. The van der Waals surface area contributed by atoms with Gasteiger partial charge in [0, 0.05) is 17.5 Å². The third-order valence-corrected chi connectivity index (χ3v) is 3.62. The van der Waals surface area contributed by atoms with E-state index in [9.17, 15) is 9.90 Å². The summed E-state index contributed by atoms with van der Waals surface area (Å²) < 4.78 is 0. The van der Waals surface area contributed by atoms with E-state index in [0.29, 0.717) is 23.7 Å². The van der Waals surface area contributed by atoms with Gasteiger partial charge in [-0.15, -0.1) is 0 Å². The van der Waals surface area contributed by atoms with E-state index in [0.717, 1.165) is 10.9 Å². The van der Waals surface area contributed by atoms with Gasteiger partial charge in [-0.3, -0.25) is 4.79 Å². The van der Waals surface area contributed by atoms with Crippen molar-refractivity contribution in [3.05, 3.63) is 41.0 Å². The van der Waals surface area contributed by atoms with Gasteiger partial charge in [0.1, 0.15) is 5.15 Å². The number of fused-ring (bicyclic) bond motifs is 1. The summed E-state index contributed by atoms with van der Waals surface area (Å²) in [5.74, 6) is 0.0428. The Morgan fingerprint density at radius 3 is 2.81 bits per heavy atom. The van der Waals surface area contributed by atoms with E-state index in [2.05, 4.69) is 10.3 Å². The lowest BCUT2D eigenvalue weighted by atomic mass is 10.0. The molecule has 0 aliphatic heterocycles. The van der Waals surface area contributed by atoms with Crippen LogP contribution < -0.4 is 5.32 Å². The van der Waals surface area contributed by atoms with Crippen LogP contribution in [0.1, 0.15) is 30.6 Å². The van der Waals surface area contributed by atoms with Crippen LogP contribution in [0.4, 0.5) is 0 Å². The highest BCUT2D eigenvalue weighted by Gasteiger charge is 2.11. The van der Waals surface area contributed by atoms with Gasteiger partial charge in [-0.25, -0.2) is 4.98 Å². The number of pyridine rings is 1. The van der Waals surface area contributed by atoms with E-state index in [4.69, 9.17) is 11.6 Å². The smallest absolute Gasteiger partial charge is 0.251 e. The maximum absolute atomic E-state index is 12.1. The normalized spacial score (nSPS) is 12.6. The van der Waals surface area contributed by atoms with Crippen LogP contribution in [-0.4, -0.2) is 28.6 Å². The minimum Gasteiger partial charge on any atom is -0.393 e. The maximum atomic E-state index is 12.1. The molecule has 1 heterocycles. The predicted molar refractivity (Wildman–Crippen MR) is 84.5 cm³/mol. The number of benzene rings is 1. The fraction of sp³-hybridized carbons (Fsp3) is 0.375. The molecule has 0 fully saturated rings. The maximum Gasteiger partial charge on any atom is 0.251 e. The molecule has 0 saturated carbocycles. The number of hydrogen-bond donors (Lipinski definition) is 2.